The van der Waals surface area contributed by atoms with Crippen LogP contribution >= 0.6 is 11.6 Å². The van der Waals surface area contributed by atoms with Crippen molar-refractivity contribution in [2.75, 3.05) is 11.6 Å². The van der Waals surface area contributed by atoms with E-state index in [-0.39, 0.29) is 18.2 Å². The van der Waals surface area contributed by atoms with Crippen molar-refractivity contribution in [3.63, 3.8) is 0 Å². The van der Waals surface area contributed by atoms with Crippen LogP contribution in [0.15, 0.2) is 42.7 Å². The van der Waals surface area contributed by atoms with Gasteiger partial charge in [-0.2, -0.15) is 5.10 Å². The molecule has 0 aliphatic rings. The molecule has 1 aromatic carbocycles. The number of nitrogens with zero attached hydrogens (tertiary/aromatic N) is 2. The summed E-state index contributed by atoms with van der Waals surface area (Å²) in [6.45, 7) is 2.04. The van der Waals surface area contributed by atoms with E-state index in [4.69, 9.17) is 11.6 Å². The van der Waals surface area contributed by atoms with Gasteiger partial charge in [-0.1, -0.05) is 25.1 Å². The zero-order chi connectivity index (χ0) is 15.3. The van der Waals surface area contributed by atoms with Crippen LogP contribution < -0.4 is 4.72 Å². The number of sulfonamides is 1. The van der Waals surface area contributed by atoms with Crippen molar-refractivity contribution >= 4 is 21.6 Å². The Morgan fingerprint density at radius 1 is 1.33 bits per heavy atom. The number of halogens is 1. The third-order valence-electron chi connectivity index (χ3n) is 2.99. The highest BCUT2D eigenvalue weighted by Gasteiger charge is 2.15. The number of benzene rings is 1. The maximum absolute atomic E-state index is 12.0. The molecule has 7 heteroatoms. The molecular weight excluding hydrogens is 310 g/mol. The van der Waals surface area contributed by atoms with Crippen LogP contribution in [-0.2, 0) is 16.6 Å². The molecule has 0 saturated carbocycles. The van der Waals surface area contributed by atoms with Gasteiger partial charge in [0.2, 0.25) is 10.0 Å². The third-order valence-corrected chi connectivity index (χ3v) is 5.11. The lowest BCUT2D eigenvalue weighted by molar-refractivity contribution is 0.568. The van der Waals surface area contributed by atoms with Crippen molar-refractivity contribution in [3.8, 4) is 5.69 Å². The lowest BCUT2D eigenvalue weighted by Gasteiger charge is -2.12. The summed E-state index contributed by atoms with van der Waals surface area (Å²) in [5.74, 6) is 0.274. The van der Waals surface area contributed by atoms with Gasteiger partial charge in [0.15, 0.2) is 0 Å². The summed E-state index contributed by atoms with van der Waals surface area (Å²) in [6.07, 6.45) is 3.51. The smallest absolute Gasteiger partial charge is 0.212 e. The molecule has 0 spiro atoms. The Kier molecular flexibility index (Phi) is 5.39. The first-order chi connectivity index (χ1) is 10.0. The molecule has 1 aromatic heterocycles. The molecule has 0 amide bonds. The van der Waals surface area contributed by atoms with Crippen LogP contribution in [0.1, 0.15) is 12.5 Å². The number of para-hydroxylation sites is 1. The predicted molar refractivity (Wildman–Crippen MR) is 84.1 cm³/mol. The average molecular weight is 328 g/mol. The molecule has 0 fully saturated rings. The minimum absolute atomic E-state index is 0.0282. The van der Waals surface area contributed by atoms with Crippen molar-refractivity contribution in [2.24, 2.45) is 5.92 Å². The molecule has 1 unspecified atom stereocenters. The zero-order valence-corrected chi connectivity index (χ0v) is 13.3. The van der Waals surface area contributed by atoms with Gasteiger partial charge in [-0.3, -0.25) is 0 Å². The highest BCUT2D eigenvalue weighted by molar-refractivity contribution is 7.89. The fourth-order valence-corrected chi connectivity index (χ4v) is 3.56. The Morgan fingerprint density at radius 2 is 2.10 bits per heavy atom. The number of aromatic nitrogens is 2. The Hall–Kier alpha value is -1.37. The summed E-state index contributed by atoms with van der Waals surface area (Å²) < 4.78 is 28.3. The normalized spacial score (nSPS) is 13.2. The van der Waals surface area contributed by atoms with Gasteiger partial charge in [0.25, 0.3) is 0 Å². The molecule has 0 aliphatic carbocycles. The van der Waals surface area contributed by atoms with E-state index in [1.54, 1.807) is 10.9 Å². The molecule has 21 heavy (non-hydrogen) atoms. The van der Waals surface area contributed by atoms with Gasteiger partial charge < -0.3 is 0 Å². The molecule has 5 nitrogen and oxygen atoms in total. The van der Waals surface area contributed by atoms with Crippen LogP contribution in [0, 0.1) is 5.92 Å². The van der Waals surface area contributed by atoms with E-state index in [2.05, 4.69) is 9.82 Å². The standard InChI is InChI=1S/C14H18ClN3O2S/c1-12(9-15)11-21(19,20)17-10-13-5-2-3-6-14(13)18-8-4-7-16-18/h2-8,12,17H,9-11H2,1H3. The molecule has 2 aromatic rings. The first-order valence-corrected chi connectivity index (χ1v) is 8.82. The lowest BCUT2D eigenvalue weighted by Crippen LogP contribution is -2.29. The Labute approximate surface area is 130 Å². The summed E-state index contributed by atoms with van der Waals surface area (Å²) in [6, 6.07) is 9.37. The molecule has 1 N–H and O–H groups in total. The molecule has 0 saturated heterocycles. The topological polar surface area (TPSA) is 64.0 Å². The molecular formula is C14H18ClN3O2S. The Bertz CT molecular complexity index is 671. The first kappa shape index (κ1) is 16.0. The van der Waals surface area contributed by atoms with E-state index in [1.807, 2.05) is 43.5 Å². The molecule has 0 aliphatic heterocycles. The van der Waals surface area contributed by atoms with Crippen molar-refractivity contribution < 1.29 is 8.42 Å². The fourth-order valence-electron chi connectivity index (χ4n) is 1.96. The van der Waals surface area contributed by atoms with Gasteiger partial charge in [-0.25, -0.2) is 17.8 Å². The average Bonchev–Trinajstić information content (AvgIpc) is 2.99. The Morgan fingerprint density at radius 3 is 2.76 bits per heavy atom. The highest BCUT2D eigenvalue weighted by atomic mass is 35.5. The predicted octanol–water partition coefficient (Wildman–Crippen LogP) is 2.17. The van der Waals surface area contributed by atoms with Gasteiger partial charge >= 0.3 is 0 Å². The molecule has 2 rings (SSSR count). The van der Waals surface area contributed by atoms with Crippen molar-refractivity contribution in [1.29, 1.82) is 0 Å². The second kappa shape index (κ2) is 7.06. The first-order valence-electron chi connectivity index (χ1n) is 6.63. The number of hydrogen-bond donors (Lipinski definition) is 1. The number of alkyl halides is 1. The minimum Gasteiger partial charge on any atom is -0.241 e. The SMILES string of the molecule is CC(CCl)CS(=O)(=O)NCc1ccccc1-n1cccn1. The summed E-state index contributed by atoms with van der Waals surface area (Å²) in [5, 5.41) is 4.18. The number of hydrogen-bond acceptors (Lipinski definition) is 3. The van der Waals surface area contributed by atoms with E-state index in [0.29, 0.717) is 5.88 Å². The largest absolute Gasteiger partial charge is 0.241 e. The fraction of sp³-hybridized carbons (Fsp3) is 0.357. The van der Waals surface area contributed by atoms with Crippen molar-refractivity contribution in [1.82, 2.24) is 14.5 Å². The van der Waals surface area contributed by atoms with E-state index < -0.39 is 10.0 Å². The molecule has 0 radical (unpaired) electrons. The number of nitrogens with one attached hydrogen (secondary N) is 1. The summed E-state index contributed by atoms with van der Waals surface area (Å²) in [7, 11) is -3.34. The van der Waals surface area contributed by atoms with Crippen LogP contribution in [-0.4, -0.2) is 29.8 Å². The Balaban J connectivity index is 2.11. The van der Waals surface area contributed by atoms with Gasteiger partial charge in [-0.05, 0) is 23.6 Å². The van der Waals surface area contributed by atoms with E-state index in [9.17, 15) is 8.42 Å². The second-order valence-corrected chi connectivity index (χ2v) is 7.10. The molecule has 0 bridgehead atoms. The maximum Gasteiger partial charge on any atom is 0.212 e. The van der Waals surface area contributed by atoms with Crippen molar-refractivity contribution in [3.05, 3.63) is 48.3 Å². The van der Waals surface area contributed by atoms with Crippen LogP contribution in [0.2, 0.25) is 0 Å². The van der Waals surface area contributed by atoms with Crippen molar-refractivity contribution in [2.45, 2.75) is 13.5 Å². The number of rotatable bonds is 7. The van der Waals surface area contributed by atoms with Gasteiger partial charge in [-0.15, -0.1) is 11.6 Å². The zero-order valence-electron chi connectivity index (χ0n) is 11.7. The van der Waals surface area contributed by atoms with Crippen LogP contribution in [0.5, 0.6) is 0 Å². The quantitative estimate of drug-likeness (QED) is 0.793. The monoisotopic (exact) mass is 327 g/mol. The highest BCUT2D eigenvalue weighted by Crippen LogP contribution is 2.13. The van der Waals surface area contributed by atoms with E-state index in [0.717, 1.165) is 11.3 Å². The molecule has 114 valence electrons. The minimum atomic E-state index is -3.34. The van der Waals surface area contributed by atoms with Gasteiger partial charge in [0.05, 0.1) is 11.4 Å². The molecule has 1 atom stereocenters. The van der Waals surface area contributed by atoms with Crippen LogP contribution in [0.3, 0.4) is 0 Å². The lowest BCUT2D eigenvalue weighted by atomic mass is 10.2. The van der Waals surface area contributed by atoms with Gasteiger partial charge in [0.1, 0.15) is 0 Å². The van der Waals surface area contributed by atoms with E-state index in [1.165, 1.54) is 0 Å². The second-order valence-electron chi connectivity index (χ2n) is 4.94. The van der Waals surface area contributed by atoms with E-state index >= 15 is 0 Å². The summed E-state index contributed by atoms with van der Waals surface area (Å²) >= 11 is 5.66. The summed E-state index contributed by atoms with van der Waals surface area (Å²) in [4.78, 5) is 0. The maximum atomic E-state index is 12.0. The summed E-state index contributed by atoms with van der Waals surface area (Å²) in [5.41, 5.74) is 1.72. The molecule has 1 heterocycles. The van der Waals surface area contributed by atoms with Gasteiger partial charge in [0, 0.05) is 24.8 Å². The van der Waals surface area contributed by atoms with Crippen LogP contribution in [0.25, 0.3) is 5.69 Å². The third kappa shape index (κ3) is 4.56. The van der Waals surface area contributed by atoms with Crippen LogP contribution in [0.4, 0.5) is 0 Å².